The van der Waals surface area contributed by atoms with Gasteiger partial charge in [-0.3, -0.25) is 10.1 Å². The van der Waals surface area contributed by atoms with Crippen LogP contribution in [0.4, 0.5) is 28.7 Å². The molecule has 2 heterocycles. The number of pyridine rings is 2. The van der Waals surface area contributed by atoms with E-state index in [-0.39, 0.29) is 143 Å². The van der Waals surface area contributed by atoms with Gasteiger partial charge in [-0.25, -0.2) is 9.15 Å². The van der Waals surface area contributed by atoms with E-state index in [0.29, 0.717) is 0 Å². The first-order valence-electron chi connectivity index (χ1n) is 18.4. The summed E-state index contributed by atoms with van der Waals surface area (Å²) in [5.41, 5.74) is 11.6. The zero-order chi connectivity index (χ0) is 37.9. The van der Waals surface area contributed by atoms with Crippen LogP contribution >= 0.6 is 0 Å². The van der Waals surface area contributed by atoms with Gasteiger partial charge in [0.25, 0.3) is 5.69 Å². The van der Waals surface area contributed by atoms with Gasteiger partial charge in [-0.2, -0.15) is 0 Å². The van der Waals surface area contributed by atoms with Gasteiger partial charge in [-0.15, -0.1) is 0 Å². The van der Waals surface area contributed by atoms with Gasteiger partial charge in [0.05, 0.1) is 17.4 Å². The van der Waals surface area contributed by atoms with Gasteiger partial charge in [0.1, 0.15) is 23.8 Å². The molecule has 5 rings (SSSR count). The molecule has 0 atom stereocenters. The third-order valence-corrected chi connectivity index (χ3v) is 9.84. The minimum absolute atomic E-state index is 0. The van der Waals surface area contributed by atoms with E-state index in [4.69, 9.17) is 0 Å². The Morgan fingerprint density at radius 2 is 0.862 bits per heavy atom. The third-order valence-electron chi connectivity index (χ3n) is 9.84. The average molecular weight is 1230 g/mol. The topological polar surface area (TPSA) is 74.9 Å². The molecule has 0 amide bonds. The van der Waals surface area contributed by atoms with Gasteiger partial charge >= 0.3 is 11.6 Å². The number of non-ortho nitro benzene ring substituents is 1. The van der Waals surface area contributed by atoms with Crippen molar-refractivity contribution in [2.75, 3.05) is 0 Å². The molecule has 13 heteroatoms. The molecule has 0 aliphatic carbocycles. The Morgan fingerprint density at radius 3 is 1.09 bits per heavy atom. The number of nitro benzene ring substituents is 1. The van der Waals surface area contributed by atoms with Crippen LogP contribution < -0.4 is 77.1 Å². The van der Waals surface area contributed by atoms with E-state index >= 15 is 0 Å². The van der Waals surface area contributed by atoms with Crippen LogP contribution in [0.3, 0.4) is 0 Å². The molecule has 0 N–H and O–H groups in total. The second-order valence-electron chi connectivity index (χ2n) is 14.7. The number of nitro groups is 1. The Morgan fingerprint density at radius 1 is 0.552 bits per heavy atom. The fourth-order valence-corrected chi connectivity index (χ4v) is 7.14. The van der Waals surface area contributed by atoms with Gasteiger partial charge in [0, 0.05) is 87.4 Å². The van der Waals surface area contributed by atoms with Crippen molar-refractivity contribution in [3.8, 4) is 22.3 Å². The van der Waals surface area contributed by atoms with E-state index in [1.54, 1.807) is 12.1 Å². The first-order chi connectivity index (χ1) is 24.8. The van der Waals surface area contributed by atoms with Gasteiger partial charge < -0.3 is 67.9 Å². The Hall–Kier alpha value is -2.06. The van der Waals surface area contributed by atoms with Gasteiger partial charge in [0.2, 0.25) is 0 Å². The molecule has 0 aliphatic heterocycles. The second-order valence-corrected chi connectivity index (χ2v) is 14.7. The number of halogens is 4. The molecule has 58 heavy (non-hydrogen) atoms. The molecule has 5 aromatic rings. The third kappa shape index (κ3) is 12.5. The zero-order valence-electron chi connectivity index (χ0n) is 34.7. The van der Waals surface area contributed by atoms with Crippen molar-refractivity contribution in [3.63, 3.8) is 0 Å². The molecule has 0 aliphatic rings. The van der Waals surface area contributed by atoms with Crippen molar-refractivity contribution in [3.05, 3.63) is 123 Å². The predicted octanol–water partition coefficient (Wildman–Crippen LogP) is 0.383. The van der Waals surface area contributed by atoms with Crippen LogP contribution in [-0.2, 0) is 40.8 Å². The summed E-state index contributed by atoms with van der Waals surface area (Å²) < 4.78 is 4.34. The molecule has 0 spiro atoms. The molecule has 0 radical (unpaired) electrons. The second kappa shape index (κ2) is 25.7. The monoisotopic (exact) mass is 1220 g/mol. The van der Waals surface area contributed by atoms with Crippen LogP contribution in [0.5, 0.6) is 0 Å². The SMILES string of the molecule is CC=[N+](c1ccccn1)c1c(C(C)C)cc(-c2cc([N+](=O)[O-])cc(-c3cc(C(C)C)c([N+](=CC)c4ccccn4)c(C(C)C)c3)c2C)cc1C(C)C.[Br-].[Br-].[Br-].[Br-].[Pd].[Pd]. The molecule has 0 saturated carbocycles. The van der Waals surface area contributed by atoms with Crippen LogP contribution in [0.1, 0.15) is 121 Å². The molecule has 0 fully saturated rings. The molecule has 3 aromatic carbocycles. The van der Waals surface area contributed by atoms with E-state index in [1.165, 1.54) is 0 Å². The standard InChI is InChI=1S/C45H53N5O2.4BrH.2Pd/c1-12-48(42-18-14-16-20-46-42)44-36(28(3)4)22-33(23-37(44)29(5)6)40-26-35(50(51)52)27-41(32(40)11)34-24-38(30(7)8)45(39(25-34)31(9)10)49(13-2)43-19-15-17-21-47-43;;;;;;/h12-31H,1-11H3;4*1H;;/q+2;;;;;;/p-4. The minimum Gasteiger partial charge on any atom is -1.00 e. The van der Waals surface area contributed by atoms with Crippen LogP contribution in [0.25, 0.3) is 22.3 Å². The summed E-state index contributed by atoms with van der Waals surface area (Å²) in [5.74, 6) is 2.44. The fraction of sp³-hybridized carbons (Fsp3) is 0.333. The zero-order valence-corrected chi connectivity index (χ0v) is 44.2. The number of aromatic nitrogens is 2. The van der Waals surface area contributed by atoms with Gasteiger partial charge in [-0.05, 0) is 119 Å². The van der Waals surface area contributed by atoms with Crippen molar-refractivity contribution in [2.24, 2.45) is 0 Å². The molecule has 7 nitrogen and oxygen atoms in total. The van der Waals surface area contributed by atoms with Crippen LogP contribution in [-0.4, -0.2) is 27.3 Å². The van der Waals surface area contributed by atoms with E-state index in [1.807, 2.05) is 62.6 Å². The number of rotatable bonds is 11. The van der Waals surface area contributed by atoms with Crippen LogP contribution in [0.15, 0.2) is 85.2 Å². The maximum absolute atomic E-state index is 12.6. The Kier molecular flexibility index (Phi) is 25.7. The number of hydrogen-bond acceptors (Lipinski definition) is 4. The van der Waals surface area contributed by atoms with E-state index in [2.05, 4.69) is 118 Å². The van der Waals surface area contributed by atoms with Crippen molar-refractivity contribution in [1.82, 2.24) is 19.1 Å². The van der Waals surface area contributed by atoms with Crippen molar-refractivity contribution in [2.45, 2.75) is 99.8 Å². The van der Waals surface area contributed by atoms with Crippen molar-refractivity contribution >= 4 is 41.1 Å². The molecule has 0 unspecified atom stereocenters. The largest absolute Gasteiger partial charge is 1.00 e. The maximum atomic E-state index is 12.6. The van der Waals surface area contributed by atoms with Crippen molar-refractivity contribution < 1.29 is 114 Å². The van der Waals surface area contributed by atoms with Crippen molar-refractivity contribution in [1.29, 1.82) is 0 Å². The summed E-state index contributed by atoms with van der Waals surface area (Å²) in [6.07, 6.45) is 7.77. The van der Waals surface area contributed by atoms with Crippen LogP contribution in [0.2, 0.25) is 0 Å². The number of hydrogen-bond donors (Lipinski definition) is 0. The molecule has 0 saturated heterocycles. The summed E-state index contributed by atoms with van der Waals surface area (Å²) in [7, 11) is 0. The summed E-state index contributed by atoms with van der Waals surface area (Å²) in [4.78, 5) is 21.7. The quantitative estimate of drug-likeness (QED) is 0.0632. The molecule has 0 bridgehead atoms. The Labute approximate surface area is 415 Å². The van der Waals surface area contributed by atoms with Crippen LogP contribution in [0, 0.1) is 17.0 Å². The summed E-state index contributed by atoms with van der Waals surface area (Å²) in [5, 5.41) is 12.6. The maximum Gasteiger partial charge on any atom is 0.327 e. The Balaban J connectivity index is 0. The normalized spacial score (nSPS) is 11.2. The fourth-order valence-electron chi connectivity index (χ4n) is 7.14. The predicted molar refractivity (Wildman–Crippen MR) is 220 cm³/mol. The number of benzene rings is 3. The van der Waals surface area contributed by atoms with Gasteiger partial charge in [-0.1, -0.05) is 67.5 Å². The molecular weight excluding hydrogens is 1170 g/mol. The average Bonchev–Trinajstić information content (AvgIpc) is 3.12. The minimum atomic E-state index is -0.266. The first kappa shape index (κ1) is 58.0. The molecule has 320 valence electrons. The van der Waals surface area contributed by atoms with E-state index < -0.39 is 0 Å². The van der Waals surface area contributed by atoms with E-state index in [9.17, 15) is 10.1 Å². The Bertz CT molecular complexity index is 1980. The summed E-state index contributed by atoms with van der Waals surface area (Å²) in [6.45, 7) is 23.8. The smallest absolute Gasteiger partial charge is 0.327 e. The first-order valence-corrected chi connectivity index (χ1v) is 18.4. The summed E-state index contributed by atoms with van der Waals surface area (Å²) >= 11 is 0. The van der Waals surface area contributed by atoms with Gasteiger partial charge in [0.15, 0.2) is 0 Å². The van der Waals surface area contributed by atoms with E-state index in [0.717, 1.165) is 73.1 Å². The molecular formula is C45H53Br4N5O2Pd2-2. The summed E-state index contributed by atoms with van der Waals surface area (Å²) in [6, 6.07) is 24.3. The molecule has 2 aromatic heterocycles. The number of nitrogens with zero attached hydrogens (tertiary/aromatic N) is 5.